The molecule has 3 nitrogen and oxygen atoms in total. The van der Waals surface area contributed by atoms with Crippen molar-refractivity contribution in [2.45, 2.75) is 32.2 Å². The zero-order valence-electron chi connectivity index (χ0n) is 9.55. The summed E-state index contributed by atoms with van der Waals surface area (Å²) in [5.74, 6) is 0.246. The molecule has 0 radical (unpaired) electrons. The van der Waals surface area contributed by atoms with Gasteiger partial charge in [0.2, 0.25) is 0 Å². The summed E-state index contributed by atoms with van der Waals surface area (Å²) in [4.78, 5) is 13.2. The van der Waals surface area contributed by atoms with Crippen molar-refractivity contribution in [2.75, 3.05) is 20.6 Å². The summed E-state index contributed by atoms with van der Waals surface area (Å²) in [6, 6.07) is 0. The fraction of sp³-hybridized carbons (Fsp3) is 0.727. The van der Waals surface area contributed by atoms with Gasteiger partial charge in [-0.1, -0.05) is 0 Å². The van der Waals surface area contributed by atoms with Crippen LogP contribution in [0.25, 0.3) is 0 Å². The van der Waals surface area contributed by atoms with Gasteiger partial charge in [0.1, 0.15) is 0 Å². The number of nitrogens with zero attached hydrogens (tertiary/aromatic N) is 1. The Morgan fingerprint density at radius 1 is 1.43 bits per heavy atom. The van der Waals surface area contributed by atoms with Crippen molar-refractivity contribution in [1.29, 1.82) is 0 Å². The predicted molar refractivity (Wildman–Crippen MR) is 58.1 cm³/mol. The Morgan fingerprint density at radius 3 is 2.50 bits per heavy atom. The van der Waals surface area contributed by atoms with E-state index in [1.54, 1.807) is 6.08 Å². The molecule has 0 fully saturated rings. The molecule has 14 heavy (non-hydrogen) atoms. The fourth-order valence-corrected chi connectivity index (χ4v) is 1.22. The molecule has 1 rings (SSSR count). The number of rotatable bonds is 4. The summed E-state index contributed by atoms with van der Waals surface area (Å²) in [6.07, 6.45) is 3.28. The van der Waals surface area contributed by atoms with Gasteiger partial charge in [0, 0.05) is 30.3 Å². The van der Waals surface area contributed by atoms with Gasteiger partial charge < -0.3 is 10.2 Å². The molecule has 3 heteroatoms. The summed E-state index contributed by atoms with van der Waals surface area (Å²) in [6.45, 7) is 5.23. The minimum atomic E-state index is 0.118. The molecule has 0 saturated carbocycles. The van der Waals surface area contributed by atoms with E-state index in [1.807, 2.05) is 0 Å². The third-order valence-corrected chi connectivity index (χ3v) is 2.93. The lowest BCUT2D eigenvalue weighted by atomic mass is 10.0. The van der Waals surface area contributed by atoms with Gasteiger partial charge in [-0.2, -0.15) is 0 Å². The molecule has 0 atom stereocenters. The Balaban J connectivity index is 2.41. The summed E-state index contributed by atoms with van der Waals surface area (Å²) in [5.41, 5.74) is 1.21. The molecule has 0 amide bonds. The van der Waals surface area contributed by atoms with Crippen molar-refractivity contribution in [1.82, 2.24) is 10.2 Å². The van der Waals surface area contributed by atoms with Crippen LogP contribution in [-0.2, 0) is 4.79 Å². The summed E-state index contributed by atoms with van der Waals surface area (Å²) in [7, 11) is 4.13. The lowest BCUT2D eigenvalue weighted by Gasteiger charge is -2.33. The third-order valence-electron chi connectivity index (χ3n) is 2.93. The molecule has 0 spiro atoms. The van der Waals surface area contributed by atoms with E-state index in [2.05, 4.69) is 38.2 Å². The van der Waals surface area contributed by atoms with Gasteiger partial charge in [0.05, 0.1) is 0 Å². The predicted octanol–water partition coefficient (Wildman–Crippen LogP) is 1.16. The monoisotopic (exact) mass is 196 g/mol. The van der Waals surface area contributed by atoms with E-state index in [1.165, 1.54) is 0 Å². The normalized spacial score (nSPS) is 17.5. The van der Waals surface area contributed by atoms with E-state index in [0.29, 0.717) is 6.42 Å². The van der Waals surface area contributed by atoms with Gasteiger partial charge in [-0.3, -0.25) is 4.79 Å². The van der Waals surface area contributed by atoms with Crippen LogP contribution < -0.4 is 5.32 Å². The highest BCUT2D eigenvalue weighted by Crippen LogP contribution is 2.14. The van der Waals surface area contributed by atoms with Crippen LogP contribution in [0, 0.1) is 0 Å². The number of carbonyl (C=O) groups excluding carboxylic acids is 1. The fourth-order valence-electron chi connectivity index (χ4n) is 1.22. The lowest BCUT2D eigenvalue weighted by Crippen LogP contribution is -2.46. The topological polar surface area (TPSA) is 32.3 Å². The van der Waals surface area contributed by atoms with E-state index >= 15 is 0 Å². The molecule has 1 aliphatic carbocycles. The van der Waals surface area contributed by atoms with Crippen molar-refractivity contribution in [3.8, 4) is 0 Å². The molecular weight excluding hydrogens is 176 g/mol. The number of hydrogen-bond acceptors (Lipinski definition) is 3. The summed E-state index contributed by atoms with van der Waals surface area (Å²) >= 11 is 0. The maximum atomic E-state index is 11.0. The van der Waals surface area contributed by atoms with Crippen molar-refractivity contribution >= 4 is 5.78 Å². The average Bonchev–Trinajstić information content (AvgIpc) is 2.48. The quantitative estimate of drug-likeness (QED) is 0.732. The first-order valence-corrected chi connectivity index (χ1v) is 5.06. The largest absolute Gasteiger partial charge is 0.386 e. The zero-order valence-corrected chi connectivity index (χ0v) is 9.55. The van der Waals surface area contributed by atoms with Crippen LogP contribution >= 0.6 is 0 Å². The molecule has 0 saturated heterocycles. The molecule has 0 aliphatic heterocycles. The molecule has 0 aromatic heterocycles. The highest BCUT2D eigenvalue weighted by atomic mass is 16.1. The lowest BCUT2D eigenvalue weighted by molar-refractivity contribution is -0.114. The first-order valence-electron chi connectivity index (χ1n) is 5.06. The van der Waals surface area contributed by atoms with E-state index in [-0.39, 0.29) is 11.3 Å². The first kappa shape index (κ1) is 11.2. The minimum absolute atomic E-state index is 0.118. The Kier molecular flexibility index (Phi) is 3.32. The van der Waals surface area contributed by atoms with Gasteiger partial charge in [-0.15, -0.1) is 0 Å². The van der Waals surface area contributed by atoms with E-state index in [4.69, 9.17) is 0 Å². The third kappa shape index (κ3) is 2.84. The summed E-state index contributed by atoms with van der Waals surface area (Å²) in [5, 5.41) is 3.33. The Labute approximate surface area is 86.2 Å². The van der Waals surface area contributed by atoms with Gasteiger partial charge >= 0.3 is 0 Å². The van der Waals surface area contributed by atoms with Crippen molar-refractivity contribution in [3.05, 3.63) is 11.8 Å². The highest BCUT2D eigenvalue weighted by Gasteiger charge is 2.21. The second-order valence-electron chi connectivity index (χ2n) is 4.70. The Morgan fingerprint density at radius 2 is 2.07 bits per heavy atom. The van der Waals surface area contributed by atoms with E-state index in [0.717, 1.165) is 18.7 Å². The molecule has 0 unspecified atom stereocenters. The number of allylic oxidation sites excluding steroid dienone is 2. The van der Waals surface area contributed by atoms with Crippen molar-refractivity contribution in [2.24, 2.45) is 0 Å². The smallest absolute Gasteiger partial charge is 0.157 e. The van der Waals surface area contributed by atoms with Gasteiger partial charge in [0.25, 0.3) is 0 Å². The molecule has 0 aromatic carbocycles. The molecule has 0 heterocycles. The van der Waals surface area contributed by atoms with E-state index < -0.39 is 0 Å². The number of ketones is 1. The van der Waals surface area contributed by atoms with Crippen LogP contribution in [0.1, 0.15) is 26.7 Å². The number of likely N-dealkylation sites (N-methyl/N-ethyl adjacent to an activating group) is 1. The van der Waals surface area contributed by atoms with Crippen LogP contribution in [0.3, 0.4) is 0 Å². The second-order valence-corrected chi connectivity index (χ2v) is 4.70. The first-order chi connectivity index (χ1) is 6.42. The van der Waals surface area contributed by atoms with Crippen LogP contribution in [0.5, 0.6) is 0 Å². The number of nitrogens with one attached hydrogen (secondary N) is 1. The summed E-state index contributed by atoms with van der Waals surface area (Å²) < 4.78 is 0. The van der Waals surface area contributed by atoms with Gasteiger partial charge in [0.15, 0.2) is 5.78 Å². The highest BCUT2D eigenvalue weighted by molar-refractivity contribution is 5.92. The Bertz CT molecular complexity index is 254. The van der Waals surface area contributed by atoms with E-state index in [9.17, 15) is 4.79 Å². The molecule has 1 aliphatic rings. The SMILES string of the molecule is CN(C)C(C)(C)CNC1=CC(=O)CC1. The van der Waals surface area contributed by atoms with Crippen LogP contribution in [0.2, 0.25) is 0 Å². The number of hydrogen-bond donors (Lipinski definition) is 1. The standard InChI is InChI=1S/C11H20N2O/c1-11(2,13(3)4)8-12-9-5-6-10(14)7-9/h7,12H,5-6,8H2,1-4H3. The van der Waals surface area contributed by atoms with Crippen LogP contribution in [0.15, 0.2) is 11.8 Å². The maximum Gasteiger partial charge on any atom is 0.157 e. The van der Waals surface area contributed by atoms with Crippen LogP contribution in [0.4, 0.5) is 0 Å². The number of carbonyl (C=O) groups is 1. The van der Waals surface area contributed by atoms with Crippen molar-refractivity contribution in [3.63, 3.8) is 0 Å². The minimum Gasteiger partial charge on any atom is -0.386 e. The Hall–Kier alpha value is -0.830. The van der Waals surface area contributed by atoms with Crippen molar-refractivity contribution < 1.29 is 4.79 Å². The molecule has 80 valence electrons. The zero-order chi connectivity index (χ0) is 10.8. The molecule has 0 bridgehead atoms. The van der Waals surface area contributed by atoms with Gasteiger partial charge in [-0.25, -0.2) is 0 Å². The molecule has 1 N–H and O–H groups in total. The average molecular weight is 196 g/mol. The molecular formula is C11H20N2O. The maximum absolute atomic E-state index is 11.0. The molecule has 0 aromatic rings. The van der Waals surface area contributed by atoms with Crippen LogP contribution in [-0.4, -0.2) is 36.9 Å². The second kappa shape index (κ2) is 4.13. The van der Waals surface area contributed by atoms with Gasteiger partial charge in [-0.05, 0) is 34.4 Å².